The molecule has 0 atom stereocenters. The second-order valence-electron chi connectivity index (χ2n) is 2.87. The first kappa shape index (κ1) is 9.67. The van der Waals surface area contributed by atoms with Crippen molar-refractivity contribution in [2.75, 3.05) is 5.32 Å². The topological polar surface area (TPSA) is 63.3 Å². The minimum Gasteiger partial charge on any atom is -0.332 e. The van der Waals surface area contributed by atoms with E-state index in [1.807, 2.05) is 29.6 Å². The summed E-state index contributed by atoms with van der Waals surface area (Å²) in [5.41, 5.74) is 1.93. The number of benzene rings is 1. The van der Waals surface area contributed by atoms with Crippen LogP contribution in [-0.4, -0.2) is 11.2 Å². The van der Waals surface area contributed by atoms with Gasteiger partial charge in [0.1, 0.15) is 0 Å². The molecular formula is C10H10N4S. The third-order valence-corrected chi connectivity index (χ3v) is 2.48. The van der Waals surface area contributed by atoms with Crippen molar-refractivity contribution in [1.29, 1.82) is 0 Å². The number of aromatic nitrogens is 1. The zero-order valence-electron chi connectivity index (χ0n) is 7.92. The highest BCUT2D eigenvalue weighted by Gasteiger charge is 1.96. The van der Waals surface area contributed by atoms with Gasteiger partial charge >= 0.3 is 0 Å². The molecule has 2 aromatic rings. The lowest BCUT2D eigenvalue weighted by Crippen LogP contribution is -1.91. The van der Waals surface area contributed by atoms with Gasteiger partial charge in [0.25, 0.3) is 0 Å². The van der Waals surface area contributed by atoms with Gasteiger partial charge < -0.3 is 11.2 Å². The van der Waals surface area contributed by atoms with Crippen LogP contribution in [0.3, 0.4) is 0 Å². The third-order valence-electron chi connectivity index (χ3n) is 1.79. The number of anilines is 2. The van der Waals surface area contributed by atoms with Crippen LogP contribution in [-0.2, 0) is 0 Å². The molecule has 0 radical (unpaired) electrons. The summed E-state index contributed by atoms with van der Waals surface area (Å²) in [5, 5.41) is 9.46. The van der Waals surface area contributed by atoms with Crippen molar-refractivity contribution in [3.63, 3.8) is 0 Å². The van der Waals surface area contributed by atoms with Gasteiger partial charge in [-0.05, 0) is 17.7 Å². The molecule has 1 aromatic heterocycles. The number of hydrogen-bond donors (Lipinski definition) is 2. The van der Waals surface area contributed by atoms with Crippen molar-refractivity contribution in [1.82, 2.24) is 4.98 Å². The maximum atomic E-state index is 5.09. The average Bonchev–Trinajstić information content (AvgIpc) is 2.71. The number of rotatable bonds is 3. The molecule has 1 heterocycles. The second kappa shape index (κ2) is 4.56. The first-order chi connectivity index (χ1) is 7.38. The number of hydrazone groups is 1. The summed E-state index contributed by atoms with van der Waals surface area (Å²) in [6, 6.07) is 7.80. The Morgan fingerprint density at radius 1 is 1.47 bits per heavy atom. The molecule has 2 rings (SSSR count). The Hall–Kier alpha value is -1.88. The smallest absolute Gasteiger partial charge is 0.187 e. The predicted octanol–water partition coefficient (Wildman–Crippen LogP) is 2.18. The average molecular weight is 218 g/mol. The predicted molar refractivity (Wildman–Crippen MR) is 63.6 cm³/mol. The van der Waals surface area contributed by atoms with Crippen LogP contribution in [0.15, 0.2) is 40.9 Å². The fraction of sp³-hybridized carbons (Fsp3) is 0. The van der Waals surface area contributed by atoms with E-state index in [1.165, 1.54) is 0 Å². The molecule has 0 amide bonds. The largest absolute Gasteiger partial charge is 0.332 e. The number of thiazole rings is 1. The van der Waals surface area contributed by atoms with Crippen LogP contribution in [0.2, 0.25) is 0 Å². The van der Waals surface area contributed by atoms with Gasteiger partial charge in [0.05, 0.1) is 6.21 Å². The Morgan fingerprint density at radius 2 is 2.40 bits per heavy atom. The highest BCUT2D eigenvalue weighted by molar-refractivity contribution is 7.13. The molecule has 3 N–H and O–H groups in total. The van der Waals surface area contributed by atoms with Crippen molar-refractivity contribution in [2.24, 2.45) is 10.9 Å². The van der Waals surface area contributed by atoms with Gasteiger partial charge in [-0.15, -0.1) is 11.3 Å². The number of nitrogens with two attached hydrogens (primary N) is 1. The van der Waals surface area contributed by atoms with Crippen molar-refractivity contribution in [2.45, 2.75) is 0 Å². The van der Waals surface area contributed by atoms with Gasteiger partial charge in [-0.25, -0.2) is 4.98 Å². The molecule has 0 spiro atoms. The van der Waals surface area contributed by atoms with Crippen LogP contribution in [0.5, 0.6) is 0 Å². The summed E-state index contributed by atoms with van der Waals surface area (Å²) in [5.74, 6) is 5.09. The third kappa shape index (κ3) is 2.54. The standard InChI is InChI=1S/C10H10N4S/c11-13-7-8-2-1-3-9(6-8)14-10-12-4-5-15-10/h1-7H,11H2,(H,12,14)/b13-7-. The molecule has 76 valence electrons. The van der Waals surface area contributed by atoms with Crippen LogP contribution in [0.25, 0.3) is 0 Å². The number of nitrogens with one attached hydrogen (secondary N) is 1. The monoisotopic (exact) mass is 218 g/mol. The van der Waals surface area contributed by atoms with Crippen LogP contribution >= 0.6 is 11.3 Å². The molecule has 0 aliphatic carbocycles. The minimum absolute atomic E-state index is 0.872. The van der Waals surface area contributed by atoms with E-state index in [-0.39, 0.29) is 0 Å². The first-order valence-electron chi connectivity index (χ1n) is 4.38. The van der Waals surface area contributed by atoms with Crippen LogP contribution < -0.4 is 11.2 Å². The van der Waals surface area contributed by atoms with E-state index >= 15 is 0 Å². The maximum absolute atomic E-state index is 5.09. The van der Waals surface area contributed by atoms with E-state index in [0.29, 0.717) is 0 Å². The number of nitrogens with zero attached hydrogens (tertiary/aromatic N) is 2. The Balaban J connectivity index is 2.18. The second-order valence-corrected chi connectivity index (χ2v) is 3.76. The normalized spacial score (nSPS) is 10.7. The zero-order valence-corrected chi connectivity index (χ0v) is 8.74. The molecular weight excluding hydrogens is 208 g/mol. The van der Waals surface area contributed by atoms with E-state index in [9.17, 15) is 0 Å². The molecule has 5 heteroatoms. The first-order valence-corrected chi connectivity index (χ1v) is 5.26. The molecule has 0 fully saturated rings. The van der Waals surface area contributed by atoms with Gasteiger partial charge in [-0.3, -0.25) is 0 Å². The molecule has 0 saturated carbocycles. The van der Waals surface area contributed by atoms with Gasteiger partial charge in [0.15, 0.2) is 5.13 Å². The highest BCUT2D eigenvalue weighted by Crippen LogP contribution is 2.18. The summed E-state index contributed by atoms with van der Waals surface area (Å²) in [4.78, 5) is 4.14. The molecule has 0 saturated heterocycles. The van der Waals surface area contributed by atoms with Crippen molar-refractivity contribution in [3.05, 3.63) is 41.4 Å². The SMILES string of the molecule is N/N=C\c1cccc(Nc2nccs2)c1. The van der Waals surface area contributed by atoms with Crippen LogP contribution in [0.4, 0.5) is 10.8 Å². The highest BCUT2D eigenvalue weighted by atomic mass is 32.1. The number of hydrogen-bond acceptors (Lipinski definition) is 5. The summed E-state index contributed by atoms with van der Waals surface area (Å²) >= 11 is 1.56. The lowest BCUT2D eigenvalue weighted by atomic mass is 10.2. The van der Waals surface area contributed by atoms with Crippen molar-refractivity contribution < 1.29 is 0 Å². The van der Waals surface area contributed by atoms with Gasteiger partial charge in [0, 0.05) is 17.3 Å². The Morgan fingerprint density at radius 3 is 3.13 bits per heavy atom. The lowest BCUT2D eigenvalue weighted by Gasteiger charge is -2.02. The molecule has 0 aliphatic rings. The van der Waals surface area contributed by atoms with E-state index in [0.717, 1.165) is 16.4 Å². The van der Waals surface area contributed by atoms with E-state index < -0.39 is 0 Å². The summed E-state index contributed by atoms with van der Waals surface area (Å²) in [6.45, 7) is 0. The molecule has 0 unspecified atom stereocenters. The van der Waals surface area contributed by atoms with E-state index in [2.05, 4.69) is 15.4 Å². The molecule has 1 aromatic carbocycles. The fourth-order valence-corrected chi connectivity index (χ4v) is 1.74. The molecule has 15 heavy (non-hydrogen) atoms. The van der Waals surface area contributed by atoms with E-state index in [4.69, 9.17) is 5.84 Å². The van der Waals surface area contributed by atoms with Crippen LogP contribution in [0.1, 0.15) is 5.56 Å². The molecule has 0 bridgehead atoms. The summed E-state index contributed by atoms with van der Waals surface area (Å²) in [7, 11) is 0. The quantitative estimate of drug-likeness (QED) is 0.471. The van der Waals surface area contributed by atoms with Crippen molar-refractivity contribution in [3.8, 4) is 0 Å². The zero-order chi connectivity index (χ0) is 10.5. The Bertz CT molecular complexity index is 450. The van der Waals surface area contributed by atoms with Gasteiger partial charge in [0.2, 0.25) is 0 Å². The Kier molecular flexibility index (Phi) is 2.94. The molecule has 4 nitrogen and oxygen atoms in total. The van der Waals surface area contributed by atoms with Gasteiger partial charge in [-0.1, -0.05) is 12.1 Å². The fourth-order valence-electron chi connectivity index (χ4n) is 1.19. The maximum Gasteiger partial charge on any atom is 0.187 e. The minimum atomic E-state index is 0.872. The Labute approximate surface area is 91.5 Å². The molecule has 0 aliphatic heterocycles. The van der Waals surface area contributed by atoms with E-state index in [1.54, 1.807) is 23.7 Å². The summed E-state index contributed by atoms with van der Waals surface area (Å²) in [6.07, 6.45) is 3.37. The van der Waals surface area contributed by atoms with Crippen molar-refractivity contribution >= 4 is 28.4 Å². The lowest BCUT2D eigenvalue weighted by molar-refractivity contribution is 1.26. The summed E-state index contributed by atoms with van der Waals surface area (Å²) < 4.78 is 0. The van der Waals surface area contributed by atoms with Crippen LogP contribution in [0, 0.1) is 0 Å². The van der Waals surface area contributed by atoms with Gasteiger partial charge in [-0.2, -0.15) is 5.10 Å².